The van der Waals surface area contributed by atoms with Crippen LogP contribution in [0.3, 0.4) is 0 Å². The zero-order valence-electron chi connectivity index (χ0n) is 12.2. The van der Waals surface area contributed by atoms with Crippen LogP contribution in [-0.2, 0) is 4.79 Å². The van der Waals surface area contributed by atoms with E-state index in [0.29, 0.717) is 17.7 Å². The van der Waals surface area contributed by atoms with Gasteiger partial charge in [0.05, 0.1) is 0 Å². The summed E-state index contributed by atoms with van der Waals surface area (Å²) in [5, 5.41) is 0. The van der Waals surface area contributed by atoms with Crippen molar-refractivity contribution in [3.63, 3.8) is 0 Å². The van der Waals surface area contributed by atoms with Gasteiger partial charge in [-0.15, -0.1) is 0 Å². The predicted octanol–water partition coefficient (Wildman–Crippen LogP) is 3.45. The van der Waals surface area contributed by atoms with Gasteiger partial charge in [0.15, 0.2) is 0 Å². The van der Waals surface area contributed by atoms with Crippen LogP contribution in [0.4, 0.5) is 11.4 Å². The van der Waals surface area contributed by atoms with Gasteiger partial charge in [-0.3, -0.25) is 4.79 Å². The summed E-state index contributed by atoms with van der Waals surface area (Å²) in [4.78, 5) is 14.8. The lowest BCUT2D eigenvalue weighted by Crippen LogP contribution is -2.33. The minimum atomic E-state index is 0.283. The number of rotatable bonds is 4. The van der Waals surface area contributed by atoms with Crippen LogP contribution < -0.4 is 10.6 Å². The average molecular weight is 272 g/mol. The molecule has 2 aliphatic carbocycles. The van der Waals surface area contributed by atoms with Crippen molar-refractivity contribution >= 4 is 17.3 Å². The van der Waals surface area contributed by atoms with Crippen LogP contribution in [0.15, 0.2) is 24.3 Å². The van der Waals surface area contributed by atoms with Crippen molar-refractivity contribution < 1.29 is 4.79 Å². The maximum atomic E-state index is 12.9. The zero-order chi connectivity index (χ0) is 14.1. The molecule has 3 nitrogen and oxygen atoms in total. The minimum absolute atomic E-state index is 0.283. The second-order valence-electron chi connectivity index (χ2n) is 6.22. The van der Waals surface area contributed by atoms with E-state index in [1.54, 1.807) is 0 Å². The first kappa shape index (κ1) is 13.5. The molecule has 2 aliphatic rings. The van der Waals surface area contributed by atoms with Crippen molar-refractivity contribution in [2.45, 2.75) is 39.0 Å². The molecule has 2 unspecified atom stereocenters. The van der Waals surface area contributed by atoms with Crippen molar-refractivity contribution in [2.24, 2.45) is 17.8 Å². The van der Waals surface area contributed by atoms with E-state index in [2.05, 4.69) is 6.92 Å². The fourth-order valence-corrected chi connectivity index (χ4v) is 3.82. The first-order chi connectivity index (χ1) is 9.72. The lowest BCUT2D eigenvalue weighted by atomic mass is 10.0. The second-order valence-corrected chi connectivity index (χ2v) is 6.22. The van der Waals surface area contributed by atoms with Crippen molar-refractivity contribution in [1.29, 1.82) is 0 Å². The summed E-state index contributed by atoms with van der Waals surface area (Å²) >= 11 is 0. The summed E-state index contributed by atoms with van der Waals surface area (Å²) in [5.41, 5.74) is 7.55. The highest BCUT2D eigenvalue weighted by molar-refractivity contribution is 5.97. The van der Waals surface area contributed by atoms with Gasteiger partial charge in [-0.25, -0.2) is 0 Å². The molecule has 3 rings (SSSR count). The number of nitrogens with two attached hydrogens (primary N) is 1. The number of anilines is 2. The molecule has 20 heavy (non-hydrogen) atoms. The monoisotopic (exact) mass is 272 g/mol. The molecule has 0 bridgehead atoms. The summed E-state index contributed by atoms with van der Waals surface area (Å²) < 4.78 is 0. The number of fused-ring (bicyclic) bond motifs is 1. The van der Waals surface area contributed by atoms with Gasteiger partial charge >= 0.3 is 0 Å². The third-order valence-corrected chi connectivity index (χ3v) is 4.84. The van der Waals surface area contributed by atoms with Crippen LogP contribution in [0.1, 0.15) is 39.0 Å². The van der Waals surface area contributed by atoms with Gasteiger partial charge in [0, 0.05) is 23.8 Å². The SMILES string of the molecule is CCCN(C(=O)C1C2CCCCC21)c1cccc(N)c1. The Morgan fingerprint density at radius 3 is 2.60 bits per heavy atom. The summed E-state index contributed by atoms with van der Waals surface area (Å²) in [6.07, 6.45) is 6.08. The molecule has 0 spiro atoms. The Balaban J connectivity index is 1.78. The Labute approximate surface area is 121 Å². The summed E-state index contributed by atoms with van der Waals surface area (Å²) in [6.45, 7) is 2.91. The van der Waals surface area contributed by atoms with Gasteiger partial charge in [0.25, 0.3) is 0 Å². The Hall–Kier alpha value is -1.51. The summed E-state index contributed by atoms with van der Waals surface area (Å²) in [7, 11) is 0. The number of nitrogen functional groups attached to an aromatic ring is 1. The van der Waals surface area contributed by atoms with Crippen molar-refractivity contribution in [3.8, 4) is 0 Å². The van der Waals surface area contributed by atoms with Gasteiger partial charge in [0.1, 0.15) is 0 Å². The molecule has 1 aromatic rings. The van der Waals surface area contributed by atoms with Gasteiger partial charge in [-0.2, -0.15) is 0 Å². The molecular formula is C17H24N2O. The Kier molecular flexibility index (Phi) is 3.68. The number of benzene rings is 1. The van der Waals surface area contributed by atoms with E-state index in [-0.39, 0.29) is 5.92 Å². The van der Waals surface area contributed by atoms with Crippen LogP contribution in [-0.4, -0.2) is 12.5 Å². The van der Waals surface area contributed by atoms with Gasteiger partial charge in [-0.1, -0.05) is 25.8 Å². The minimum Gasteiger partial charge on any atom is -0.399 e. The second kappa shape index (κ2) is 5.47. The highest BCUT2D eigenvalue weighted by atomic mass is 16.2. The lowest BCUT2D eigenvalue weighted by Gasteiger charge is -2.23. The van der Waals surface area contributed by atoms with E-state index >= 15 is 0 Å². The maximum Gasteiger partial charge on any atom is 0.230 e. The molecule has 108 valence electrons. The van der Waals surface area contributed by atoms with Gasteiger partial charge in [0.2, 0.25) is 5.91 Å². The number of nitrogens with zero attached hydrogens (tertiary/aromatic N) is 1. The molecule has 2 saturated carbocycles. The van der Waals surface area contributed by atoms with E-state index < -0.39 is 0 Å². The number of hydrogen-bond donors (Lipinski definition) is 1. The molecule has 0 saturated heterocycles. The molecule has 0 aliphatic heterocycles. The fourth-order valence-electron chi connectivity index (χ4n) is 3.82. The smallest absolute Gasteiger partial charge is 0.230 e. The van der Waals surface area contributed by atoms with Gasteiger partial charge in [-0.05, 0) is 49.3 Å². The largest absolute Gasteiger partial charge is 0.399 e. The molecule has 2 N–H and O–H groups in total. The Morgan fingerprint density at radius 2 is 2.00 bits per heavy atom. The number of carbonyl (C=O) groups is 1. The average Bonchev–Trinajstić information content (AvgIpc) is 3.18. The predicted molar refractivity (Wildman–Crippen MR) is 82.4 cm³/mol. The first-order valence-electron chi connectivity index (χ1n) is 7.89. The number of hydrogen-bond acceptors (Lipinski definition) is 2. The van der Waals surface area contributed by atoms with Gasteiger partial charge < -0.3 is 10.6 Å². The number of amides is 1. The molecule has 1 amide bonds. The highest BCUT2D eigenvalue weighted by Crippen LogP contribution is 2.56. The third kappa shape index (κ3) is 2.41. The quantitative estimate of drug-likeness (QED) is 0.853. The van der Waals surface area contributed by atoms with E-state index in [4.69, 9.17) is 5.73 Å². The maximum absolute atomic E-state index is 12.9. The molecule has 0 radical (unpaired) electrons. The summed E-state index contributed by atoms with van der Waals surface area (Å²) in [6, 6.07) is 7.71. The molecule has 0 heterocycles. The fraction of sp³-hybridized carbons (Fsp3) is 0.588. The molecule has 0 aromatic heterocycles. The lowest BCUT2D eigenvalue weighted by molar-refractivity contribution is -0.120. The zero-order valence-corrected chi connectivity index (χ0v) is 12.2. The van der Waals surface area contributed by atoms with Crippen LogP contribution in [0, 0.1) is 17.8 Å². The molecule has 2 atom stereocenters. The molecule has 2 fully saturated rings. The standard InChI is InChI=1S/C17H24N2O/c1-2-10-19(13-7-5-6-12(18)11-13)17(20)16-14-8-3-4-9-15(14)16/h5-7,11,14-16H,2-4,8-10,18H2,1H3. The van der Waals surface area contributed by atoms with E-state index in [0.717, 1.165) is 24.3 Å². The Morgan fingerprint density at radius 1 is 1.30 bits per heavy atom. The van der Waals surface area contributed by atoms with Crippen LogP contribution in [0.25, 0.3) is 0 Å². The van der Waals surface area contributed by atoms with E-state index in [1.807, 2.05) is 29.2 Å². The third-order valence-electron chi connectivity index (χ3n) is 4.84. The molecular weight excluding hydrogens is 248 g/mol. The Bertz CT molecular complexity index is 488. The van der Waals surface area contributed by atoms with E-state index in [9.17, 15) is 4.79 Å². The van der Waals surface area contributed by atoms with Crippen molar-refractivity contribution in [1.82, 2.24) is 0 Å². The topological polar surface area (TPSA) is 46.3 Å². The normalized spacial score (nSPS) is 27.8. The van der Waals surface area contributed by atoms with Crippen LogP contribution in [0.5, 0.6) is 0 Å². The van der Waals surface area contributed by atoms with Crippen LogP contribution in [0.2, 0.25) is 0 Å². The van der Waals surface area contributed by atoms with E-state index in [1.165, 1.54) is 25.7 Å². The van der Waals surface area contributed by atoms with Crippen molar-refractivity contribution in [2.75, 3.05) is 17.2 Å². The van der Waals surface area contributed by atoms with Crippen molar-refractivity contribution in [3.05, 3.63) is 24.3 Å². The first-order valence-corrected chi connectivity index (χ1v) is 7.89. The van der Waals surface area contributed by atoms with Crippen LogP contribution >= 0.6 is 0 Å². The summed E-state index contributed by atoms with van der Waals surface area (Å²) in [5.74, 6) is 1.94. The number of carbonyl (C=O) groups excluding carboxylic acids is 1. The molecule has 1 aromatic carbocycles. The molecule has 3 heteroatoms. The highest BCUT2D eigenvalue weighted by Gasteiger charge is 2.55.